The molecule has 0 radical (unpaired) electrons. The van der Waals surface area contributed by atoms with Crippen LogP contribution in [0.2, 0.25) is 0 Å². The van der Waals surface area contributed by atoms with Crippen LogP contribution in [0.25, 0.3) is 0 Å². The topological polar surface area (TPSA) is 53.2 Å². The highest BCUT2D eigenvalue weighted by molar-refractivity contribution is 5.80. The third-order valence-corrected chi connectivity index (χ3v) is 3.18. The van der Waals surface area contributed by atoms with Crippen molar-refractivity contribution in [1.82, 2.24) is 10.9 Å². The minimum absolute atomic E-state index is 0.102. The number of hydrogen-bond acceptors (Lipinski definition) is 3. The minimum Gasteiger partial charge on any atom is -0.376 e. The maximum Gasteiger partial charge on any atom is 0.257 e. The number of hydrazine groups is 1. The molecule has 0 saturated carbocycles. The van der Waals surface area contributed by atoms with E-state index in [0.717, 1.165) is 12.1 Å². The molecule has 0 atom stereocenters. The summed E-state index contributed by atoms with van der Waals surface area (Å²) in [7, 11) is 0. The Morgan fingerprint density at radius 3 is 2.43 bits per heavy atom. The molecule has 4 nitrogen and oxygen atoms in total. The first-order valence-corrected chi connectivity index (χ1v) is 7.38. The van der Waals surface area contributed by atoms with Gasteiger partial charge in [0.1, 0.15) is 5.82 Å². The van der Waals surface area contributed by atoms with E-state index in [1.165, 1.54) is 17.7 Å². The molecule has 2 aromatic carbocycles. The maximum atomic E-state index is 12.8. The Labute approximate surface area is 135 Å². The largest absolute Gasteiger partial charge is 0.376 e. The number of amides is 1. The predicted octanol–water partition coefficient (Wildman–Crippen LogP) is 3.00. The van der Waals surface area contributed by atoms with E-state index in [1.54, 1.807) is 12.1 Å². The number of hydrogen-bond donors (Lipinski definition) is 3. The zero-order valence-corrected chi connectivity index (χ0v) is 13.0. The quantitative estimate of drug-likeness (QED) is 0.689. The Balaban J connectivity index is 1.70. The molecule has 0 aliphatic rings. The van der Waals surface area contributed by atoms with Crippen LogP contribution in [0.15, 0.2) is 66.4 Å². The van der Waals surface area contributed by atoms with E-state index in [-0.39, 0.29) is 18.3 Å². The fourth-order valence-corrected chi connectivity index (χ4v) is 1.90. The normalized spacial score (nSPS) is 11.0. The predicted molar refractivity (Wildman–Crippen MR) is 90.1 cm³/mol. The Morgan fingerprint density at radius 1 is 1.04 bits per heavy atom. The van der Waals surface area contributed by atoms with Crippen LogP contribution in [0.4, 0.5) is 10.1 Å². The molecule has 0 spiro atoms. The molecule has 2 rings (SSSR count). The van der Waals surface area contributed by atoms with Gasteiger partial charge in [-0.2, -0.15) is 0 Å². The third-order valence-electron chi connectivity index (χ3n) is 3.18. The summed E-state index contributed by atoms with van der Waals surface area (Å²) in [6.07, 6.45) is 2.80. The SMILES string of the molecule is C/C(=C/Cc1ccccc1)NNC(=O)CNc1ccc(F)cc1. The molecule has 23 heavy (non-hydrogen) atoms. The summed E-state index contributed by atoms with van der Waals surface area (Å²) in [5, 5.41) is 2.92. The zero-order chi connectivity index (χ0) is 16.5. The standard InChI is InChI=1S/C18H20FN3O/c1-14(7-8-15-5-3-2-4-6-15)21-22-18(23)13-20-17-11-9-16(19)10-12-17/h2-7,9-12,20-21H,8,13H2,1H3,(H,22,23)/b14-7-. The van der Waals surface area contributed by atoms with Crippen LogP contribution in [-0.4, -0.2) is 12.5 Å². The fourth-order valence-electron chi connectivity index (χ4n) is 1.90. The number of benzene rings is 2. The number of carbonyl (C=O) groups is 1. The highest BCUT2D eigenvalue weighted by Crippen LogP contribution is 2.07. The second kappa shape index (κ2) is 8.58. The summed E-state index contributed by atoms with van der Waals surface area (Å²) in [6.45, 7) is 1.99. The summed E-state index contributed by atoms with van der Waals surface area (Å²) < 4.78 is 12.8. The highest BCUT2D eigenvalue weighted by Gasteiger charge is 2.00. The number of allylic oxidation sites excluding steroid dienone is 2. The second-order valence-corrected chi connectivity index (χ2v) is 5.11. The monoisotopic (exact) mass is 313 g/mol. The van der Waals surface area contributed by atoms with Gasteiger partial charge in [-0.1, -0.05) is 36.4 Å². The van der Waals surface area contributed by atoms with E-state index in [1.807, 2.05) is 31.2 Å². The molecule has 0 saturated heterocycles. The van der Waals surface area contributed by atoms with Crippen LogP contribution >= 0.6 is 0 Å². The lowest BCUT2D eigenvalue weighted by atomic mass is 10.1. The van der Waals surface area contributed by atoms with Crippen molar-refractivity contribution >= 4 is 11.6 Å². The van der Waals surface area contributed by atoms with Crippen LogP contribution in [0, 0.1) is 5.82 Å². The van der Waals surface area contributed by atoms with Crippen LogP contribution < -0.4 is 16.2 Å². The molecular formula is C18H20FN3O. The smallest absolute Gasteiger partial charge is 0.257 e. The number of rotatable bonds is 7. The molecule has 5 heteroatoms. The summed E-state index contributed by atoms with van der Waals surface area (Å²) >= 11 is 0. The van der Waals surface area contributed by atoms with E-state index >= 15 is 0 Å². The van der Waals surface area contributed by atoms with Gasteiger partial charge in [0.2, 0.25) is 0 Å². The Morgan fingerprint density at radius 2 is 1.74 bits per heavy atom. The van der Waals surface area contributed by atoms with Crippen LogP contribution in [-0.2, 0) is 11.2 Å². The average molecular weight is 313 g/mol. The van der Waals surface area contributed by atoms with Crippen molar-refractivity contribution in [3.05, 3.63) is 77.8 Å². The van der Waals surface area contributed by atoms with Gasteiger partial charge in [0.05, 0.1) is 6.54 Å². The molecule has 0 aliphatic carbocycles. The first-order valence-electron chi connectivity index (χ1n) is 7.38. The molecule has 1 amide bonds. The van der Waals surface area contributed by atoms with Gasteiger partial charge in [-0.25, -0.2) is 4.39 Å². The fraction of sp³-hybridized carbons (Fsp3) is 0.167. The minimum atomic E-state index is -0.305. The van der Waals surface area contributed by atoms with Crippen molar-refractivity contribution in [2.75, 3.05) is 11.9 Å². The van der Waals surface area contributed by atoms with Crippen molar-refractivity contribution in [2.24, 2.45) is 0 Å². The molecule has 0 heterocycles. The first-order chi connectivity index (χ1) is 11.1. The lowest BCUT2D eigenvalue weighted by Crippen LogP contribution is -2.39. The van der Waals surface area contributed by atoms with Gasteiger partial charge in [-0.3, -0.25) is 10.2 Å². The summed E-state index contributed by atoms with van der Waals surface area (Å²) in [5.74, 6) is -0.511. The first kappa shape index (κ1) is 16.5. The number of anilines is 1. The maximum absolute atomic E-state index is 12.8. The number of nitrogens with one attached hydrogen (secondary N) is 3. The summed E-state index contributed by atoms with van der Waals surface area (Å²) in [4.78, 5) is 11.7. The number of carbonyl (C=O) groups excluding carboxylic acids is 1. The van der Waals surface area contributed by atoms with Gasteiger partial charge in [0, 0.05) is 11.4 Å². The Bertz CT molecular complexity index is 654. The van der Waals surface area contributed by atoms with Crippen LogP contribution in [0.5, 0.6) is 0 Å². The lowest BCUT2D eigenvalue weighted by Gasteiger charge is -2.10. The second-order valence-electron chi connectivity index (χ2n) is 5.11. The van der Waals surface area contributed by atoms with Crippen molar-refractivity contribution < 1.29 is 9.18 Å². The molecule has 0 aliphatic heterocycles. The van der Waals surface area contributed by atoms with Gasteiger partial charge in [0.25, 0.3) is 5.91 Å². The summed E-state index contributed by atoms with van der Waals surface area (Å²) in [6, 6.07) is 15.9. The summed E-state index contributed by atoms with van der Waals surface area (Å²) in [5.41, 5.74) is 8.23. The van der Waals surface area contributed by atoms with E-state index < -0.39 is 0 Å². The molecule has 0 aromatic heterocycles. The average Bonchev–Trinajstić information content (AvgIpc) is 2.58. The zero-order valence-electron chi connectivity index (χ0n) is 13.0. The van der Waals surface area contributed by atoms with E-state index in [4.69, 9.17) is 0 Å². The van der Waals surface area contributed by atoms with Crippen molar-refractivity contribution in [2.45, 2.75) is 13.3 Å². The molecule has 0 fully saturated rings. The van der Waals surface area contributed by atoms with Crippen molar-refractivity contribution in [3.63, 3.8) is 0 Å². The van der Waals surface area contributed by atoms with Gasteiger partial charge < -0.3 is 10.7 Å². The van der Waals surface area contributed by atoms with Crippen molar-refractivity contribution in [1.29, 1.82) is 0 Å². The van der Waals surface area contributed by atoms with Crippen LogP contribution in [0.3, 0.4) is 0 Å². The van der Waals surface area contributed by atoms with E-state index in [2.05, 4.69) is 28.3 Å². The van der Waals surface area contributed by atoms with Gasteiger partial charge in [0.15, 0.2) is 0 Å². The van der Waals surface area contributed by atoms with Gasteiger partial charge in [-0.15, -0.1) is 0 Å². The van der Waals surface area contributed by atoms with Crippen LogP contribution in [0.1, 0.15) is 12.5 Å². The Hall–Kier alpha value is -2.82. The molecule has 0 bridgehead atoms. The highest BCUT2D eigenvalue weighted by atomic mass is 19.1. The Kier molecular flexibility index (Phi) is 6.17. The number of halogens is 1. The molecule has 3 N–H and O–H groups in total. The van der Waals surface area contributed by atoms with E-state index in [9.17, 15) is 9.18 Å². The lowest BCUT2D eigenvalue weighted by molar-refractivity contribution is -0.120. The molecular weight excluding hydrogens is 293 g/mol. The molecule has 120 valence electrons. The molecule has 0 unspecified atom stereocenters. The third kappa shape index (κ3) is 6.22. The van der Waals surface area contributed by atoms with Gasteiger partial charge >= 0.3 is 0 Å². The van der Waals surface area contributed by atoms with Crippen molar-refractivity contribution in [3.8, 4) is 0 Å². The molecule has 2 aromatic rings. The van der Waals surface area contributed by atoms with E-state index in [0.29, 0.717) is 5.69 Å². The van der Waals surface area contributed by atoms with Gasteiger partial charge in [-0.05, 0) is 43.2 Å².